The highest BCUT2D eigenvalue weighted by Crippen LogP contribution is 2.32. The van der Waals surface area contributed by atoms with Crippen LogP contribution in [0, 0.1) is 0 Å². The summed E-state index contributed by atoms with van der Waals surface area (Å²) in [5, 5.41) is 6.73. The maximum Gasteiger partial charge on any atom is 0.258 e. The number of nitrogens with one attached hydrogen (secondary N) is 1. The fraction of sp³-hybridized carbons (Fsp3) is 0. The van der Waals surface area contributed by atoms with Crippen LogP contribution in [-0.4, -0.2) is 16.0 Å². The number of rotatable bonds is 2. The van der Waals surface area contributed by atoms with Gasteiger partial charge in [0.05, 0.1) is 5.57 Å². The predicted octanol–water partition coefficient (Wildman–Crippen LogP) is 3.23. The van der Waals surface area contributed by atoms with E-state index in [0.717, 1.165) is 16.8 Å². The highest BCUT2D eigenvalue weighted by molar-refractivity contribution is 6.34. The van der Waals surface area contributed by atoms with Gasteiger partial charge in [-0.3, -0.25) is 4.79 Å². The largest absolute Gasteiger partial charge is 0.334 e. The quantitative estimate of drug-likeness (QED) is 0.735. The van der Waals surface area contributed by atoms with Gasteiger partial charge in [0.2, 0.25) is 0 Å². The molecule has 5 nitrogen and oxygen atoms in total. The second-order valence-corrected chi connectivity index (χ2v) is 4.88. The van der Waals surface area contributed by atoms with E-state index in [1.54, 1.807) is 6.08 Å². The molecule has 0 atom stereocenters. The van der Waals surface area contributed by atoms with Crippen molar-refractivity contribution in [2.24, 2.45) is 0 Å². The van der Waals surface area contributed by atoms with Gasteiger partial charge in [0.25, 0.3) is 11.8 Å². The number of para-hydroxylation sites is 1. The van der Waals surface area contributed by atoms with Gasteiger partial charge in [-0.1, -0.05) is 41.6 Å². The van der Waals surface area contributed by atoms with Gasteiger partial charge in [0, 0.05) is 16.8 Å². The van der Waals surface area contributed by atoms with Crippen molar-refractivity contribution in [1.29, 1.82) is 0 Å². The molecule has 4 rings (SSSR count). The summed E-state index contributed by atoms with van der Waals surface area (Å²) < 4.78 is 5.25. The van der Waals surface area contributed by atoms with Crippen molar-refractivity contribution in [3.8, 4) is 11.5 Å². The molecule has 3 aromatic rings. The van der Waals surface area contributed by atoms with E-state index < -0.39 is 0 Å². The van der Waals surface area contributed by atoms with Crippen LogP contribution < -0.4 is 5.32 Å². The Balaban J connectivity index is 1.72. The molecular formula is C17H11N3O2. The van der Waals surface area contributed by atoms with Gasteiger partial charge in [-0.15, -0.1) is 0 Å². The summed E-state index contributed by atoms with van der Waals surface area (Å²) in [5.41, 5.74) is 3.02. The number of aromatic nitrogens is 2. The molecular weight excluding hydrogens is 278 g/mol. The Morgan fingerprint density at radius 1 is 1.00 bits per heavy atom. The summed E-state index contributed by atoms with van der Waals surface area (Å²) in [7, 11) is 0. The van der Waals surface area contributed by atoms with E-state index >= 15 is 0 Å². The average Bonchev–Trinajstić information content (AvgIpc) is 3.14. The Bertz CT molecular complexity index is 882. The SMILES string of the molecule is O=C1Nc2ccccc2/C1=C\c1noc(-c2ccccc2)n1. The third-order valence-electron chi connectivity index (χ3n) is 3.45. The Kier molecular flexibility index (Phi) is 2.83. The number of carbonyl (C=O) groups excluding carboxylic acids is 1. The molecule has 1 N–H and O–H groups in total. The number of anilines is 1. The van der Waals surface area contributed by atoms with Crippen LogP contribution in [0.25, 0.3) is 23.1 Å². The summed E-state index contributed by atoms with van der Waals surface area (Å²) in [5.74, 6) is 0.645. The van der Waals surface area contributed by atoms with Crippen molar-refractivity contribution in [2.75, 3.05) is 5.32 Å². The molecule has 0 spiro atoms. The van der Waals surface area contributed by atoms with Crippen LogP contribution in [0.4, 0.5) is 5.69 Å². The van der Waals surface area contributed by atoms with Gasteiger partial charge in [0.15, 0.2) is 5.82 Å². The molecule has 0 bridgehead atoms. The molecule has 5 heteroatoms. The van der Waals surface area contributed by atoms with Crippen molar-refractivity contribution < 1.29 is 9.32 Å². The van der Waals surface area contributed by atoms with Crippen LogP contribution in [0.5, 0.6) is 0 Å². The first kappa shape index (κ1) is 12.5. The second-order valence-electron chi connectivity index (χ2n) is 4.88. The van der Waals surface area contributed by atoms with Crippen molar-refractivity contribution in [2.45, 2.75) is 0 Å². The number of hydrogen-bond donors (Lipinski definition) is 1. The van der Waals surface area contributed by atoms with Crippen LogP contribution in [0.2, 0.25) is 0 Å². The fourth-order valence-corrected chi connectivity index (χ4v) is 2.40. The van der Waals surface area contributed by atoms with Crippen molar-refractivity contribution in [3.63, 3.8) is 0 Å². The summed E-state index contributed by atoms with van der Waals surface area (Å²) in [6.45, 7) is 0. The van der Waals surface area contributed by atoms with Gasteiger partial charge in [-0.05, 0) is 24.3 Å². The number of benzene rings is 2. The third kappa shape index (κ3) is 2.09. The molecule has 1 aromatic heterocycles. The summed E-state index contributed by atoms with van der Waals surface area (Å²) >= 11 is 0. The number of hydrogen-bond acceptors (Lipinski definition) is 4. The lowest BCUT2D eigenvalue weighted by molar-refractivity contribution is -0.110. The predicted molar refractivity (Wildman–Crippen MR) is 82.7 cm³/mol. The monoisotopic (exact) mass is 289 g/mol. The molecule has 0 fully saturated rings. The van der Waals surface area contributed by atoms with Gasteiger partial charge < -0.3 is 9.84 Å². The van der Waals surface area contributed by atoms with Crippen molar-refractivity contribution in [1.82, 2.24) is 10.1 Å². The van der Waals surface area contributed by atoms with Gasteiger partial charge in [-0.25, -0.2) is 0 Å². The number of nitrogens with zero attached hydrogens (tertiary/aromatic N) is 2. The maximum absolute atomic E-state index is 12.0. The molecule has 0 saturated carbocycles. The minimum absolute atomic E-state index is 0.160. The van der Waals surface area contributed by atoms with E-state index in [1.165, 1.54) is 0 Å². The zero-order valence-electron chi connectivity index (χ0n) is 11.5. The van der Waals surface area contributed by atoms with Crippen LogP contribution in [0.3, 0.4) is 0 Å². The van der Waals surface area contributed by atoms with Crippen LogP contribution >= 0.6 is 0 Å². The van der Waals surface area contributed by atoms with Gasteiger partial charge >= 0.3 is 0 Å². The lowest BCUT2D eigenvalue weighted by atomic mass is 10.1. The fourth-order valence-electron chi connectivity index (χ4n) is 2.40. The first-order chi connectivity index (χ1) is 10.8. The molecule has 1 aliphatic rings. The third-order valence-corrected chi connectivity index (χ3v) is 3.45. The van der Waals surface area contributed by atoms with E-state index in [2.05, 4.69) is 15.5 Å². The highest BCUT2D eigenvalue weighted by Gasteiger charge is 2.24. The van der Waals surface area contributed by atoms with Crippen LogP contribution in [-0.2, 0) is 4.79 Å². The minimum atomic E-state index is -0.160. The molecule has 2 heterocycles. The van der Waals surface area contributed by atoms with Gasteiger partial charge in [0.1, 0.15) is 0 Å². The molecule has 0 unspecified atom stereocenters. The summed E-state index contributed by atoms with van der Waals surface area (Å²) in [6.07, 6.45) is 1.64. The lowest BCUT2D eigenvalue weighted by Crippen LogP contribution is -2.03. The van der Waals surface area contributed by atoms with Crippen molar-refractivity contribution in [3.05, 3.63) is 66.0 Å². The Hall–Kier alpha value is -3.21. The van der Waals surface area contributed by atoms with Crippen LogP contribution in [0.1, 0.15) is 11.4 Å². The molecule has 22 heavy (non-hydrogen) atoms. The van der Waals surface area contributed by atoms with E-state index in [4.69, 9.17) is 4.52 Å². The molecule has 0 aliphatic carbocycles. The standard InChI is InChI=1S/C17H11N3O2/c21-16-13(12-8-4-5-9-14(12)18-16)10-15-19-17(22-20-15)11-6-2-1-3-7-11/h1-10H,(H,18,21)/b13-10+. The Morgan fingerprint density at radius 3 is 2.64 bits per heavy atom. The number of fused-ring (bicyclic) bond motifs is 1. The topological polar surface area (TPSA) is 68.0 Å². The average molecular weight is 289 g/mol. The van der Waals surface area contributed by atoms with Gasteiger partial charge in [-0.2, -0.15) is 4.98 Å². The highest BCUT2D eigenvalue weighted by atomic mass is 16.5. The second kappa shape index (κ2) is 4.96. The first-order valence-electron chi connectivity index (χ1n) is 6.83. The molecule has 2 aromatic carbocycles. The Labute approximate surface area is 126 Å². The lowest BCUT2D eigenvalue weighted by Gasteiger charge is -1.94. The Morgan fingerprint density at radius 2 is 1.77 bits per heavy atom. The first-order valence-corrected chi connectivity index (χ1v) is 6.83. The summed E-state index contributed by atoms with van der Waals surface area (Å²) in [4.78, 5) is 16.4. The van der Waals surface area contributed by atoms with E-state index in [0.29, 0.717) is 17.3 Å². The smallest absolute Gasteiger partial charge is 0.258 e. The molecule has 0 saturated heterocycles. The zero-order chi connectivity index (χ0) is 14.9. The number of amides is 1. The normalized spacial score (nSPS) is 14.9. The molecule has 1 aliphatic heterocycles. The maximum atomic E-state index is 12.0. The molecule has 1 amide bonds. The van der Waals surface area contributed by atoms with E-state index in [1.807, 2.05) is 54.6 Å². The van der Waals surface area contributed by atoms with Crippen molar-refractivity contribution >= 4 is 23.2 Å². The van der Waals surface area contributed by atoms with E-state index in [9.17, 15) is 4.79 Å². The minimum Gasteiger partial charge on any atom is -0.334 e. The summed E-state index contributed by atoms with van der Waals surface area (Å²) in [6, 6.07) is 17.0. The molecule has 106 valence electrons. The van der Waals surface area contributed by atoms with E-state index in [-0.39, 0.29) is 5.91 Å². The molecule has 0 radical (unpaired) electrons. The zero-order valence-corrected chi connectivity index (χ0v) is 11.5. The number of carbonyl (C=O) groups is 1. The van der Waals surface area contributed by atoms with Crippen LogP contribution in [0.15, 0.2) is 59.1 Å².